The molecule has 0 aliphatic carbocycles. The van der Waals surface area contributed by atoms with E-state index < -0.39 is 5.97 Å². The molecule has 0 saturated heterocycles. The van der Waals surface area contributed by atoms with Gasteiger partial charge in [0.1, 0.15) is 5.01 Å². The molecule has 0 unspecified atom stereocenters. The topological polar surface area (TPSA) is 68.7 Å². The van der Waals surface area contributed by atoms with Gasteiger partial charge in [-0.2, -0.15) is 0 Å². The van der Waals surface area contributed by atoms with Gasteiger partial charge in [-0.1, -0.05) is 41.9 Å². The highest BCUT2D eigenvalue weighted by molar-refractivity contribution is 7.11. The highest BCUT2D eigenvalue weighted by Crippen LogP contribution is 2.36. The SMILES string of the molecule is COC(=O)/C(=C\c1cc(Cl)c(O)c(OC)c1)c1nc(-c2ccccc2)cs1. The number of methoxy groups -OCH3 is 2. The minimum absolute atomic E-state index is 0.119. The van der Waals surface area contributed by atoms with Crippen LogP contribution >= 0.6 is 22.9 Å². The smallest absolute Gasteiger partial charge is 0.340 e. The number of carbonyl (C=O) groups is 1. The molecule has 0 aliphatic heterocycles. The molecule has 1 N–H and O–H groups in total. The zero-order valence-corrected chi connectivity index (χ0v) is 16.2. The molecule has 3 rings (SSSR count). The first-order chi connectivity index (χ1) is 13.0. The lowest BCUT2D eigenvalue weighted by molar-refractivity contribution is -0.133. The Balaban J connectivity index is 2.06. The molecule has 0 fully saturated rings. The maximum absolute atomic E-state index is 12.3. The number of esters is 1. The van der Waals surface area contributed by atoms with Gasteiger partial charge in [-0.25, -0.2) is 9.78 Å². The van der Waals surface area contributed by atoms with E-state index in [4.69, 9.17) is 21.1 Å². The summed E-state index contributed by atoms with van der Waals surface area (Å²) in [7, 11) is 2.74. The van der Waals surface area contributed by atoms with Crippen LogP contribution in [0, 0.1) is 0 Å². The zero-order valence-electron chi connectivity index (χ0n) is 14.6. The second-order valence-electron chi connectivity index (χ2n) is 5.51. The average Bonchev–Trinajstić information content (AvgIpc) is 3.18. The first-order valence-electron chi connectivity index (χ1n) is 7.91. The number of aromatic nitrogens is 1. The molecule has 0 bridgehead atoms. The molecule has 0 spiro atoms. The van der Waals surface area contributed by atoms with Crippen LogP contribution in [0.15, 0.2) is 47.8 Å². The first kappa shape index (κ1) is 18.9. The molecular formula is C20H16ClNO4S. The Bertz CT molecular complexity index is 998. The van der Waals surface area contributed by atoms with Crippen LogP contribution < -0.4 is 4.74 Å². The number of rotatable bonds is 5. The Morgan fingerprint density at radius 2 is 1.96 bits per heavy atom. The van der Waals surface area contributed by atoms with E-state index in [1.165, 1.54) is 31.6 Å². The van der Waals surface area contributed by atoms with E-state index in [0.717, 1.165) is 11.3 Å². The van der Waals surface area contributed by atoms with Gasteiger partial charge >= 0.3 is 5.97 Å². The van der Waals surface area contributed by atoms with Gasteiger partial charge in [-0.3, -0.25) is 0 Å². The summed E-state index contributed by atoms with van der Waals surface area (Å²) in [4.78, 5) is 16.9. The molecule has 1 heterocycles. The largest absolute Gasteiger partial charge is 0.503 e. The van der Waals surface area contributed by atoms with Crippen LogP contribution in [0.2, 0.25) is 5.02 Å². The summed E-state index contributed by atoms with van der Waals surface area (Å²) in [6.45, 7) is 0. The Hall–Kier alpha value is -2.83. The molecule has 2 aromatic carbocycles. The highest BCUT2D eigenvalue weighted by atomic mass is 35.5. The Kier molecular flexibility index (Phi) is 5.78. The predicted molar refractivity (Wildman–Crippen MR) is 107 cm³/mol. The average molecular weight is 402 g/mol. The second-order valence-corrected chi connectivity index (χ2v) is 6.77. The highest BCUT2D eigenvalue weighted by Gasteiger charge is 2.18. The van der Waals surface area contributed by atoms with E-state index in [0.29, 0.717) is 10.6 Å². The number of thiazole rings is 1. The molecule has 3 aromatic rings. The van der Waals surface area contributed by atoms with Crippen LogP contribution in [0.1, 0.15) is 10.6 Å². The van der Waals surface area contributed by atoms with E-state index in [-0.39, 0.29) is 22.1 Å². The number of aromatic hydroxyl groups is 1. The summed E-state index contributed by atoms with van der Waals surface area (Å²) >= 11 is 7.38. The van der Waals surface area contributed by atoms with Gasteiger partial charge in [0.05, 0.1) is 30.5 Å². The van der Waals surface area contributed by atoms with Crippen LogP contribution in [0.5, 0.6) is 11.5 Å². The molecule has 0 saturated carbocycles. The first-order valence-corrected chi connectivity index (χ1v) is 9.17. The van der Waals surface area contributed by atoms with Crippen molar-refractivity contribution in [2.45, 2.75) is 0 Å². The third-order valence-electron chi connectivity index (χ3n) is 3.79. The van der Waals surface area contributed by atoms with Crippen molar-refractivity contribution in [1.29, 1.82) is 0 Å². The van der Waals surface area contributed by atoms with E-state index in [1.54, 1.807) is 12.1 Å². The summed E-state index contributed by atoms with van der Waals surface area (Å²) in [5, 5.41) is 12.4. The molecular weight excluding hydrogens is 386 g/mol. The summed E-state index contributed by atoms with van der Waals surface area (Å²) in [5.74, 6) is -0.467. The number of hydrogen-bond acceptors (Lipinski definition) is 6. The third kappa shape index (κ3) is 4.13. The van der Waals surface area contributed by atoms with Crippen molar-refractivity contribution in [3.05, 3.63) is 63.4 Å². The van der Waals surface area contributed by atoms with Crippen molar-refractivity contribution in [2.24, 2.45) is 0 Å². The normalized spacial score (nSPS) is 11.3. The molecule has 0 aliphatic rings. The molecule has 5 nitrogen and oxygen atoms in total. The number of nitrogens with zero attached hydrogens (tertiary/aromatic N) is 1. The van der Waals surface area contributed by atoms with Crippen molar-refractivity contribution < 1.29 is 19.4 Å². The van der Waals surface area contributed by atoms with Crippen molar-refractivity contribution in [2.75, 3.05) is 14.2 Å². The minimum atomic E-state index is -0.521. The molecule has 138 valence electrons. The predicted octanol–water partition coefficient (Wildman–Crippen LogP) is 4.89. The fourth-order valence-electron chi connectivity index (χ4n) is 2.46. The van der Waals surface area contributed by atoms with Gasteiger partial charge in [0.2, 0.25) is 0 Å². The van der Waals surface area contributed by atoms with E-state index >= 15 is 0 Å². The lowest BCUT2D eigenvalue weighted by atomic mass is 10.1. The number of benzene rings is 2. The van der Waals surface area contributed by atoms with Crippen LogP contribution in [0.4, 0.5) is 0 Å². The summed E-state index contributed by atoms with van der Waals surface area (Å²) in [5.41, 5.74) is 2.59. The maximum atomic E-state index is 12.3. The Morgan fingerprint density at radius 3 is 2.63 bits per heavy atom. The monoisotopic (exact) mass is 401 g/mol. The standard InChI is InChI=1S/C20H16ClNO4S/c1-25-17-10-12(9-15(21)18(17)23)8-14(20(24)26-2)19-22-16(11-27-19)13-6-4-3-5-7-13/h3-11,23H,1-2H3/b14-8-. The van der Waals surface area contributed by atoms with Crippen molar-refractivity contribution in [1.82, 2.24) is 4.98 Å². The Labute approximate surface area is 165 Å². The van der Waals surface area contributed by atoms with Gasteiger partial charge in [0.15, 0.2) is 11.5 Å². The quantitative estimate of drug-likeness (QED) is 0.487. The van der Waals surface area contributed by atoms with E-state index in [9.17, 15) is 9.90 Å². The minimum Gasteiger partial charge on any atom is -0.503 e. The molecule has 1 aromatic heterocycles. The van der Waals surface area contributed by atoms with Crippen LogP contribution in [-0.4, -0.2) is 30.3 Å². The molecule has 7 heteroatoms. The molecule has 27 heavy (non-hydrogen) atoms. The summed E-state index contributed by atoms with van der Waals surface area (Å²) < 4.78 is 10.0. The van der Waals surface area contributed by atoms with Gasteiger partial charge in [0.25, 0.3) is 0 Å². The zero-order chi connectivity index (χ0) is 19.4. The Morgan fingerprint density at radius 1 is 1.22 bits per heavy atom. The summed E-state index contributed by atoms with van der Waals surface area (Å²) in [6.07, 6.45) is 1.60. The third-order valence-corrected chi connectivity index (χ3v) is 4.95. The van der Waals surface area contributed by atoms with Gasteiger partial charge in [-0.15, -0.1) is 11.3 Å². The van der Waals surface area contributed by atoms with Crippen LogP contribution in [0.25, 0.3) is 22.9 Å². The van der Waals surface area contributed by atoms with Crippen molar-refractivity contribution in [3.8, 4) is 22.8 Å². The number of phenolic OH excluding ortho intramolecular Hbond substituents is 1. The van der Waals surface area contributed by atoms with Gasteiger partial charge in [0, 0.05) is 10.9 Å². The summed E-state index contributed by atoms with van der Waals surface area (Å²) in [6, 6.07) is 12.8. The number of ether oxygens (including phenoxy) is 2. The van der Waals surface area contributed by atoms with E-state index in [1.807, 2.05) is 35.7 Å². The van der Waals surface area contributed by atoms with Crippen molar-refractivity contribution in [3.63, 3.8) is 0 Å². The van der Waals surface area contributed by atoms with Crippen LogP contribution in [-0.2, 0) is 9.53 Å². The lowest BCUT2D eigenvalue weighted by Crippen LogP contribution is -2.03. The van der Waals surface area contributed by atoms with Crippen LogP contribution in [0.3, 0.4) is 0 Å². The number of carbonyl (C=O) groups excluding carboxylic acids is 1. The maximum Gasteiger partial charge on any atom is 0.340 e. The number of halogens is 1. The van der Waals surface area contributed by atoms with Gasteiger partial charge in [-0.05, 0) is 23.8 Å². The fourth-order valence-corrected chi connectivity index (χ4v) is 3.51. The lowest BCUT2D eigenvalue weighted by Gasteiger charge is -2.08. The molecule has 0 radical (unpaired) electrons. The van der Waals surface area contributed by atoms with Crippen molar-refractivity contribution >= 4 is 40.6 Å². The molecule has 0 atom stereocenters. The van der Waals surface area contributed by atoms with Gasteiger partial charge < -0.3 is 14.6 Å². The second kappa shape index (κ2) is 8.24. The molecule has 0 amide bonds. The fraction of sp³-hybridized carbons (Fsp3) is 0.100. The number of hydrogen-bond donors (Lipinski definition) is 1. The van der Waals surface area contributed by atoms with E-state index in [2.05, 4.69) is 4.98 Å². The number of phenols is 1.